The Morgan fingerprint density at radius 3 is 2.12 bits per heavy atom. The van der Waals surface area contributed by atoms with E-state index in [2.05, 4.69) is 0 Å². The molecule has 3 heteroatoms. The molecule has 2 aromatic rings. The van der Waals surface area contributed by atoms with Crippen molar-refractivity contribution in [3.63, 3.8) is 0 Å². The van der Waals surface area contributed by atoms with Gasteiger partial charge in [0.2, 0.25) is 0 Å². The molecule has 0 aliphatic rings. The highest BCUT2D eigenvalue weighted by Gasteiger charge is 2.13. The number of nitrogens with two attached hydrogens (primary N) is 1. The summed E-state index contributed by atoms with van der Waals surface area (Å²) in [7, 11) is 0. The zero-order valence-corrected chi connectivity index (χ0v) is 9.78. The topological polar surface area (TPSA) is 60.2 Å². The van der Waals surface area contributed by atoms with Crippen LogP contribution in [0.1, 0.15) is 34.6 Å². The number of hydrogen-bond acceptors (Lipinski definition) is 3. The van der Waals surface area contributed by atoms with Crippen molar-refractivity contribution in [2.75, 3.05) is 5.73 Å². The van der Waals surface area contributed by atoms with E-state index in [1.54, 1.807) is 24.3 Å². The Labute approximate surface area is 99.2 Å². The lowest BCUT2D eigenvalue weighted by molar-refractivity contribution is 0.101. The molecule has 17 heavy (non-hydrogen) atoms. The summed E-state index contributed by atoms with van der Waals surface area (Å²) in [6.07, 6.45) is 0. The summed E-state index contributed by atoms with van der Waals surface area (Å²) in [6.45, 7) is 2.98. The molecule has 2 N–H and O–H groups in total. The van der Waals surface area contributed by atoms with E-state index in [1.165, 1.54) is 13.8 Å². The van der Waals surface area contributed by atoms with Gasteiger partial charge in [-0.05, 0) is 26.0 Å². The van der Waals surface area contributed by atoms with Crippen LogP contribution < -0.4 is 5.73 Å². The van der Waals surface area contributed by atoms with Gasteiger partial charge in [0.1, 0.15) is 0 Å². The highest BCUT2D eigenvalue weighted by atomic mass is 16.1. The smallest absolute Gasteiger partial charge is 0.160 e. The predicted octanol–water partition coefficient (Wildman–Crippen LogP) is 2.83. The van der Waals surface area contributed by atoms with Crippen molar-refractivity contribution in [1.82, 2.24) is 0 Å². The monoisotopic (exact) mass is 227 g/mol. The fourth-order valence-electron chi connectivity index (χ4n) is 2.02. The first-order chi connectivity index (χ1) is 8.02. The Balaban J connectivity index is 2.99. The third-order valence-corrected chi connectivity index (χ3v) is 2.83. The van der Waals surface area contributed by atoms with Gasteiger partial charge in [-0.15, -0.1) is 0 Å². The van der Waals surface area contributed by atoms with E-state index in [-0.39, 0.29) is 11.6 Å². The molecule has 0 fully saturated rings. The second-order valence-corrected chi connectivity index (χ2v) is 4.04. The molecular weight excluding hydrogens is 214 g/mol. The first-order valence-electron chi connectivity index (χ1n) is 5.35. The fourth-order valence-corrected chi connectivity index (χ4v) is 2.02. The number of rotatable bonds is 2. The summed E-state index contributed by atoms with van der Waals surface area (Å²) in [6, 6.07) is 8.69. The van der Waals surface area contributed by atoms with Gasteiger partial charge in [0.15, 0.2) is 11.6 Å². The van der Waals surface area contributed by atoms with E-state index in [1.807, 2.05) is 6.07 Å². The average Bonchev–Trinajstić information content (AvgIpc) is 2.28. The highest BCUT2D eigenvalue weighted by Crippen LogP contribution is 2.28. The van der Waals surface area contributed by atoms with Crippen LogP contribution in [0.5, 0.6) is 0 Å². The molecule has 0 radical (unpaired) electrons. The van der Waals surface area contributed by atoms with Crippen LogP contribution in [0, 0.1) is 0 Å². The number of hydrogen-bond donors (Lipinski definition) is 1. The lowest BCUT2D eigenvalue weighted by Gasteiger charge is -2.09. The third-order valence-electron chi connectivity index (χ3n) is 2.83. The molecule has 0 aromatic heterocycles. The van der Waals surface area contributed by atoms with Crippen LogP contribution in [0.2, 0.25) is 0 Å². The normalized spacial score (nSPS) is 10.5. The van der Waals surface area contributed by atoms with Gasteiger partial charge in [0.25, 0.3) is 0 Å². The van der Waals surface area contributed by atoms with Gasteiger partial charge in [-0.3, -0.25) is 9.59 Å². The Hall–Kier alpha value is -2.16. The van der Waals surface area contributed by atoms with E-state index in [0.717, 1.165) is 5.39 Å². The van der Waals surface area contributed by atoms with Gasteiger partial charge in [-0.1, -0.05) is 18.2 Å². The van der Waals surface area contributed by atoms with Crippen LogP contribution >= 0.6 is 0 Å². The van der Waals surface area contributed by atoms with Crippen molar-refractivity contribution in [2.45, 2.75) is 13.8 Å². The molecule has 0 heterocycles. The first-order valence-corrected chi connectivity index (χ1v) is 5.35. The Bertz CT molecular complexity index is 609. The molecule has 0 aliphatic carbocycles. The summed E-state index contributed by atoms with van der Waals surface area (Å²) in [5, 5.41) is 1.41. The van der Waals surface area contributed by atoms with Gasteiger partial charge in [0.05, 0.1) is 0 Å². The SMILES string of the molecule is CC(=O)c1cccc2c(N)ccc(C(C)=O)c12. The molecule has 2 aromatic carbocycles. The van der Waals surface area contributed by atoms with Gasteiger partial charge >= 0.3 is 0 Å². The molecule has 0 saturated heterocycles. The molecule has 86 valence electrons. The molecule has 0 amide bonds. The Kier molecular flexibility index (Phi) is 2.68. The number of benzene rings is 2. The van der Waals surface area contributed by atoms with Crippen LogP contribution in [0.4, 0.5) is 5.69 Å². The molecule has 0 aliphatic heterocycles. The average molecular weight is 227 g/mol. The summed E-state index contributed by atoms with van der Waals surface area (Å²) < 4.78 is 0. The van der Waals surface area contributed by atoms with E-state index < -0.39 is 0 Å². The van der Waals surface area contributed by atoms with E-state index in [4.69, 9.17) is 5.73 Å². The van der Waals surface area contributed by atoms with E-state index in [0.29, 0.717) is 22.2 Å². The molecule has 2 rings (SSSR count). The van der Waals surface area contributed by atoms with Crippen molar-refractivity contribution < 1.29 is 9.59 Å². The standard InChI is InChI=1S/C14H13NO2/c1-8(16)10-4-3-5-12-13(15)7-6-11(9(2)17)14(10)12/h3-7H,15H2,1-2H3. The van der Waals surface area contributed by atoms with Crippen LogP contribution in [0.25, 0.3) is 10.8 Å². The Morgan fingerprint density at radius 1 is 0.941 bits per heavy atom. The van der Waals surface area contributed by atoms with Crippen LogP contribution in [-0.4, -0.2) is 11.6 Å². The van der Waals surface area contributed by atoms with Crippen molar-refractivity contribution in [3.8, 4) is 0 Å². The maximum atomic E-state index is 11.6. The number of carbonyl (C=O) groups is 2. The quantitative estimate of drug-likeness (QED) is 0.634. The maximum absolute atomic E-state index is 11.6. The predicted molar refractivity (Wildman–Crippen MR) is 68.4 cm³/mol. The molecule has 0 bridgehead atoms. The van der Waals surface area contributed by atoms with Gasteiger partial charge < -0.3 is 5.73 Å². The van der Waals surface area contributed by atoms with Gasteiger partial charge in [-0.25, -0.2) is 0 Å². The minimum absolute atomic E-state index is 0.0660. The zero-order chi connectivity index (χ0) is 12.6. The van der Waals surface area contributed by atoms with Gasteiger partial charge in [0, 0.05) is 27.6 Å². The van der Waals surface area contributed by atoms with Crippen LogP contribution in [0.3, 0.4) is 0 Å². The van der Waals surface area contributed by atoms with E-state index >= 15 is 0 Å². The third kappa shape index (κ3) is 1.80. The molecule has 0 spiro atoms. The highest BCUT2D eigenvalue weighted by molar-refractivity contribution is 6.17. The van der Waals surface area contributed by atoms with Crippen molar-refractivity contribution >= 4 is 28.0 Å². The second-order valence-electron chi connectivity index (χ2n) is 4.04. The second kappa shape index (κ2) is 4.01. The molecule has 0 unspecified atom stereocenters. The largest absolute Gasteiger partial charge is 0.398 e. The minimum atomic E-state index is -0.0660. The molecule has 3 nitrogen and oxygen atoms in total. The molecule has 0 atom stereocenters. The molecule has 0 saturated carbocycles. The lowest BCUT2D eigenvalue weighted by Crippen LogP contribution is -2.02. The van der Waals surface area contributed by atoms with E-state index in [9.17, 15) is 9.59 Å². The Morgan fingerprint density at radius 2 is 1.53 bits per heavy atom. The number of fused-ring (bicyclic) bond motifs is 1. The zero-order valence-electron chi connectivity index (χ0n) is 9.78. The fraction of sp³-hybridized carbons (Fsp3) is 0.143. The van der Waals surface area contributed by atoms with Crippen molar-refractivity contribution in [2.24, 2.45) is 0 Å². The van der Waals surface area contributed by atoms with Gasteiger partial charge in [-0.2, -0.15) is 0 Å². The summed E-state index contributed by atoms with van der Waals surface area (Å²) in [4.78, 5) is 23.2. The number of ketones is 2. The number of carbonyl (C=O) groups excluding carboxylic acids is 2. The number of anilines is 1. The summed E-state index contributed by atoms with van der Waals surface area (Å²) in [5.41, 5.74) is 7.53. The van der Waals surface area contributed by atoms with Crippen LogP contribution in [0.15, 0.2) is 30.3 Å². The lowest BCUT2D eigenvalue weighted by atomic mass is 9.94. The van der Waals surface area contributed by atoms with Crippen molar-refractivity contribution in [1.29, 1.82) is 0 Å². The maximum Gasteiger partial charge on any atom is 0.160 e. The van der Waals surface area contributed by atoms with Crippen molar-refractivity contribution in [3.05, 3.63) is 41.5 Å². The summed E-state index contributed by atoms with van der Waals surface area (Å²) >= 11 is 0. The number of nitrogen functional groups attached to an aromatic ring is 1. The first kappa shape index (κ1) is 11.3. The summed E-state index contributed by atoms with van der Waals surface area (Å²) in [5.74, 6) is -0.132. The van der Waals surface area contributed by atoms with Crippen LogP contribution in [-0.2, 0) is 0 Å². The minimum Gasteiger partial charge on any atom is -0.398 e. The number of Topliss-reactive ketones (excluding diaryl/α,β-unsaturated/α-hetero) is 2. The molecular formula is C14H13NO2.